The smallest absolute Gasteiger partial charge is 0.258 e. The standard InChI is InChI=1S/C26H42N4O8/c1-14(9-10-28-24(35)22(33)26(37-6)12-15(2)16(3)18(5)38-26)21(32)17(4)25(36)30-11-7-8-19(30)23(34)29-13-20(27)31/h9-10,14,16-19,21-22,32-33H,2,7-8,11-13H2,1,3-6H3,(H2,27,31)(H,28,35)(H,29,34)/b10-9+/t14?,16-,17?,18-,19+,21-,22-,26-/m1/s1. The second-order valence-corrected chi connectivity index (χ2v) is 10.2. The highest BCUT2D eigenvalue weighted by atomic mass is 16.7. The second kappa shape index (κ2) is 13.3. The number of aliphatic hydroxyl groups excluding tert-OH is 2. The van der Waals surface area contributed by atoms with Crippen molar-refractivity contribution in [3.05, 3.63) is 24.4 Å². The highest BCUT2D eigenvalue weighted by molar-refractivity contribution is 5.91. The van der Waals surface area contributed by atoms with Crippen molar-refractivity contribution in [1.29, 1.82) is 0 Å². The van der Waals surface area contributed by atoms with E-state index in [0.29, 0.717) is 19.4 Å². The van der Waals surface area contributed by atoms with E-state index in [4.69, 9.17) is 15.2 Å². The van der Waals surface area contributed by atoms with E-state index >= 15 is 0 Å². The molecule has 12 heteroatoms. The van der Waals surface area contributed by atoms with Crippen LogP contribution in [-0.2, 0) is 28.7 Å². The Labute approximate surface area is 223 Å². The summed E-state index contributed by atoms with van der Waals surface area (Å²) in [6, 6.07) is -0.736. The highest BCUT2D eigenvalue weighted by Gasteiger charge is 2.49. The molecule has 2 fully saturated rings. The van der Waals surface area contributed by atoms with E-state index in [-0.39, 0.29) is 25.0 Å². The number of likely N-dealkylation sites (tertiary alicyclic amines) is 1. The number of nitrogens with one attached hydrogen (secondary N) is 2. The summed E-state index contributed by atoms with van der Waals surface area (Å²) in [6.45, 7) is 11.0. The number of ether oxygens (including phenoxy) is 2. The molecule has 2 rings (SSSR count). The Bertz CT molecular complexity index is 940. The van der Waals surface area contributed by atoms with Gasteiger partial charge in [-0.1, -0.05) is 39.0 Å². The first-order chi connectivity index (χ1) is 17.8. The van der Waals surface area contributed by atoms with Crippen LogP contribution in [0.25, 0.3) is 0 Å². The molecule has 2 aliphatic heterocycles. The zero-order valence-electron chi connectivity index (χ0n) is 22.8. The lowest BCUT2D eigenvalue weighted by atomic mass is 9.85. The van der Waals surface area contributed by atoms with Crippen molar-refractivity contribution in [2.75, 3.05) is 20.2 Å². The van der Waals surface area contributed by atoms with E-state index < -0.39 is 59.5 Å². The molecule has 8 atom stereocenters. The van der Waals surface area contributed by atoms with Crippen LogP contribution in [0.3, 0.4) is 0 Å². The fourth-order valence-electron chi connectivity index (χ4n) is 4.79. The summed E-state index contributed by atoms with van der Waals surface area (Å²) < 4.78 is 11.3. The first kappa shape index (κ1) is 31.4. The Balaban J connectivity index is 1.96. The number of primary amides is 1. The number of methoxy groups -OCH3 is 1. The molecule has 38 heavy (non-hydrogen) atoms. The van der Waals surface area contributed by atoms with Gasteiger partial charge in [0.25, 0.3) is 5.91 Å². The van der Waals surface area contributed by atoms with Gasteiger partial charge in [0, 0.05) is 38.1 Å². The summed E-state index contributed by atoms with van der Waals surface area (Å²) in [5.74, 6) is -5.23. The van der Waals surface area contributed by atoms with Crippen LogP contribution in [0, 0.1) is 17.8 Å². The van der Waals surface area contributed by atoms with Crippen LogP contribution < -0.4 is 16.4 Å². The van der Waals surface area contributed by atoms with Crippen molar-refractivity contribution in [3.8, 4) is 0 Å². The van der Waals surface area contributed by atoms with Crippen LogP contribution in [0.5, 0.6) is 0 Å². The zero-order valence-corrected chi connectivity index (χ0v) is 22.8. The number of amides is 4. The molecule has 0 bridgehead atoms. The Hall–Kier alpha value is -2.80. The van der Waals surface area contributed by atoms with Gasteiger partial charge in [-0.25, -0.2) is 0 Å². The van der Waals surface area contributed by atoms with Gasteiger partial charge in [0.2, 0.25) is 23.5 Å². The molecule has 2 heterocycles. The van der Waals surface area contributed by atoms with E-state index in [1.54, 1.807) is 13.8 Å². The monoisotopic (exact) mass is 538 g/mol. The minimum atomic E-state index is -1.64. The largest absolute Gasteiger partial charge is 0.392 e. The van der Waals surface area contributed by atoms with Crippen molar-refractivity contribution in [1.82, 2.24) is 15.5 Å². The third-order valence-electron chi connectivity index (χ3n) is 7.56. The van der Waals surface area contributed by atoms with Crippen LogP contribution in [0.1, 0.15) is 47.0 Å². The van der Waals surface area contributed by atoms with E-state index in [0.717, 1.165) is 5.57 Å². The molecule has 2 unspecified atom stereocenters. The van der Waals surface area contributed by atoms with Crippen molar-refractivity contribution >= 4 is 23.6 Å². The first-order valence-electron chi connectivity index (χ1n) is 12.9. The van der Waals surface area contributed by atoms with Crippen molar-refractivity contribution in [3.63, 3.8) is 0 Å². The maximum Gasteiger partial charge on any atom is 0.258 e. The fraction of sp³-hybridized carbons (Fsp3) is 0.692. The molecule has 0 aromatic heterocycles. The zero-order chi connectivity index (χ0) is 28.8. The molecule has 0 aromatic rings. The molecular weight excluding hydrogens is 496 g/mol. The quantitative estimate of drug-likeness (QED) is 0.219. The molecule has 12 nitrogen and oxygen atoms in total. The number of carbonyl (C=O) groups is 4. The lowest BCUT2D eigenvalue weighted by molar-refractivity contribution is -0.297. The topological polar surface area (TPSA) is 181 Å². The van der Waals surface area contributed by atoms with E-state index in [2.05, 4.69) is 17.2 Å². The van der Waals surface area contributed by atoms with Crippen molar-refractivity contribution in [2.45, 2.75) is 77.1 Å². The third kappa shape index (κ3) is 7.19. The summed E-state index contributed by atoms with van der Waals surface area (Å²) in [6.07, 6.45) is 0.939. The van der Waals surface area contributed by atoms with Gasteiger partial charge in [-0.2, -0.15) is 0 Å². The summed E-state index contributed by atoms with van der Waals surface area (Å²) in [5, 5.41) is 26.4. The van der Waals surface area contributed by atoms with Gasteiger partial charge < -0.3 is 41.0 Å². The van der Waals surface area contributed by atoms with Crippen LogP contribution >= 0.6 is 0 Å². The average molecular weight is 539 g/mol. The van der Waals surface area contributed by atoms with Crippen LogP contribution in [-0.4, -0.2) is 89.1 Å². The van der Waals surface area contributed by atoms with Crippen LogP contribution in [0.4, 0.5) is 0 Å². The summed E-state index contributed by atoms with van der Waals surface area (Å²) in [7, 11) is 1.35. The van der Waals surface area contributed by atoms with Gasteiger partial charge in [0.15, 0.2) is 6.10 Å². The lowest BCUT2D eigenvalue weighted by Gasteiger charge is -2.44. The maximum absolute atomic E-state index is 13.1. The molecule has 0 spiro atoms. The number of hydrogen-bond donors (Lipinski definition) is 5. The fourth-order valence-corrected chi connectivity index (χ4v) is 4.79. The highest BCUT2D eigenvalue weighted by Crippen LogP contribution is 2.38. The van der Waals surface area contributed by atoms with Crippen LogP contribution in [0.15, 0.2) is 24.4 Å². The molecule has 214 valence electrons. The maximum atomic E-state index is 13.1. The predicted octanol–water partition coefficient (Wildman–Crippen LogP) is -0.453. The first-order valence-corrected chi connectivity index (χ1v) is 12.9. The minimum absolute atomic E-state index is 0.0424. The van der Waals surface area contributed by atoms with Gasteiger partial charge >= 0.3 is 0 Å². The summed E-state index contributed by atoms with van der Waals surface area (Å²) >= 11 is 0. The number of carbonyl (C=O) groups excluding carboxylic acids is 4. The number of rotatable bonds is 11. The Kier molecular flexibility index (Phi) is 11.0. The van der Waals surface area contributed by atoms with E-state index in [1.807, 2.05) is 13.8 Å². The third-order valence-corrected chi connectivity index (χ3v) is 7.56. The normalized spacial score (nSPS) is 29.0. The second-order valence-electron chi connectivity index (χ2n) is 10.2. The number of nitrogens with two attached hydrogens (primary N) is 1. The van der Waals surface area contributed by atoms with Crippen molar-refractivity contribution < 1.29 is 38.9 Å². The minimum Gasteiger partial charge on any atom is -0.392 e. The van der Waals surface area contributed by atoms with Gasteiger partial charge in [-0.15, -0.1) is 0 Å². The van der Waals surface area contributed by atoms with Crippen LogP contribution in [0.2, 0.25) is 0 Å². The molecule has 4 amide bonds. The van der Waals surface area contributed by atoms with E-state index in [1.165, 1.54) is 24.3 Å². The Morgan fingerprint density at radius 3 is 2.53 bits per heavy atom. The number of nitrogens with zero attached hydrogens (tertiary/aromatic N) is 1. The Morgan fingerprint density at radius 2 is 1.95 bits per heavy atom. The SMILES string of the molecule is C=C1C[C@](OC)([C@H](O)C(=O)N/C=C/C(C)[C@@H](O)C(C)C(=O)N2CCC[C@H]2C(=O)NCC(N)=O)O[C@H](C)[C@@H]1C. The molecule has 0 radical (unpaired) electrons. The average Bonchev–Trinajstić information content (AvgIpc) is 3.38. The molecule has 2 saturated heterocycles. The predicted molar refractivity (Wildman–Crippen MR) is 138 cm³/mol. The number of aliphatic hydroxyl groups is 2. The van der Waals surface area contributed by atoms with Crippen molar-refractivity contribution in [2.24, 2.45) is 23.5 Å². The molecule has 0 saturated carbocycles. The molecule has 6 N–H and O–H groups in total. The van der Waals surface area contributed by atoms with Gasteiger partial charge in [0.05, 0.1) is 24.7 Å². The molecule has 0 aromatic carbocycles. The molecular formula is C26H42N4O8. The molecule has 0 aliphatic carbocycles. The molecule has 2 aliphatic rings. The van der Waals surface area contributed by atoms with Gasteiger partial charge in [0.1, 0.15) is 6.04 Å². The Morgan fingerprint density at radius 1 is 1.29 bits per heavy atom. The summed E-state index contributed by atoms with van der Waals surface area (Å²) in [5.41, 5.74) is 5.87. The van der Waals surface area contributed by atoms with Gasteiger partial charge in [-0.3, -0.25) is 19.2 Å². The lowest BCUT2D eigenvalue weighted by Crippen LogP contribution is -2.58. The van der Waals surface area contributed by atoms with Gasteiger partial charge in [-0.05, 0) is 19.8 Å². The van der Waals surface area contributed by atoms with E-state index in [9.17, 15) is 29.4 Å². The summed E-state index contributed by atoms with van der Waals surface area (Å²) in [4.78, 5) is 50.5. The number of hydrogen-bond acceptors (Lipinski definition) is 8.